The molecule has 1 aromatic heterocycles. The highest BCUT2D eigenvalue weighted by molar-refractivity contribution is 7.22. The third-order valence-electron chi connectivity index (χ3n) is 2.02. The molecule has 1 N–H and O–H groups in total. The first-order valence-electron chi connectivity index (χ1n) is 3.88. The molecule has 0 radical (unpaired) electrons. The maximum Gasteiger partial charge on any atom is 0.336 e. The molecule has 0 saturated heterocycles. The summed E-state index contributed by atoms with van der Waals surface area (Å²) < 4.78 is 1.35. The van der Waals surface area contributed by atoms with Gasteiger partial charge in [0.25, 0.3) is 0 Å². The van der Waals surface area contributed by atoms with E-state index in [2.05, 4.69) is 4.98 Å². The molecule has 3 nitrogen and oxygen atoms in total. The minimum Gasteiger partial charge on any atom is -0.478 e. The second-order valence-electron chi connectivity index (χ2n) is 2.86. The number of hydrogen-bond acceptors (Lipinski definition) is 3. The number of benzene rings is 1. The first-order chi connectivity index (χ1) is 6.59. The number of carboxylic acid groups (broad SMARTS) is 1. The standard InChI is InChI=1S/C9H6ClNO2S/c1-4-5(8(12)13)2-3-6-7(4)11-9(10)14-6/h2-3H,1H3,(H,12,13). The molecule has 14 heavy (non-hydrogen) atoms. The summed E-state index contributed by atoms with van der Waals surface area (Å²) in [6.45, 7) is 1.74. The van der Waals surface area contributed by atoms with Crippen molar-refractivity contribution >= 4 is 39.1 Å². The molecule has 0 bridgehead atoms. The summed E-state index contributed by atoms with van der Waals surface area (Å²) in [7, 11) is 0. The van der Waals surface area contributed by atoms with Gasteiger partial charge in [0.15, 0.2) is 4.47 Å². The monoisotopic (exact) mass is 227 g/mol. The number of fused-ring (bicyclic) bond motifs is 1. The molecule has 0 aliphatic heterocycles. The lowest BCUT2D eigenvalue weighted by Crippen LogP contribution is -1.99. The van der Waals surface area contributed by atoms with Crippen LogP contribution in [-0.4, -0.2) is 16.1 Å². The fourth-order valence-electron chi connectivity index (χ4n) is 1.33. The van der Waals surface area contributed by atoms with Gasteiger partial charge in [-0.05, 0) is 24.6 Å². The van der Waals surface area contributed by atoms with Gasteiger partial charge in [-0.2, -0.15) is 0 Å². The minimum atomic E-state index is -0.937. The largest absolute Gasteiger partial charge is 0.478 e. The smallest absolute Gasteiger partial charge is 0.336 e. The van der Waals surface area contributed by atoms with Crippen LogP contribution in [0.15, 0.2) is 12.1 Å². The van der Waals surface area contributed by atoms with Crippen LogP contribution in [0.25, 0.3) is 10.2 Å². The molecule has 5 heteroatoms. The van der Waals surface area contributed by atoms with E-state index in [1.54, 1.807) is 19.1 Å². The molecule has 0 aliphatic carbocycles. The zero-order valence-electron chi connectivity index (χ0n) is 7.24. The summed E-state index contributed by atoms with van der Waals surface area (Å²) in [6, 6.07) is 3.31. The van der Waals surface area contributed by atoms with E-state index in [0.717, 1.165) is 4.70 Å². The van der Waals surface area contributed by atoms with E-state index in [1.165, 1.54) is 11.3 Å². The van der Waals surface area contributed by atoms with Crippen LogP contribution in [0.3, 0.4) is 0 Å². The lowest BCUT2D eigenvalue weighted by atomic mass is 10.1. The van der Waals surface area contributed by atoms with E-state index < -0.39 is 5.97 Å². The molecule has 1 aromatic carbocycles. The number of thiazole rings is 1. The van der Waals surface area contributed by atoms with Crippen LogP contribution in [0.5, 0.6) is 0 Å². The molecule has 0 unspecified atom stereocenters. The molecule has 1 heterocycles. The molecule has 0 amide bonds. The Morgan fingerprint density at radius 2 is 2.29 bits per heavy atom. The van der Waals surface area contributed by atoms with Crippen molar-refractivity contribution in [3.05, 3.63) is 27.7 Å². The van der Waals surface area contributed by atoms with E-state index in [1.807, 2.05) is 0 Å². The Hall–Kier alpha value is -1.13. The Morgan fingerprint density at radius 3 is 2.93 bits per heavy atom. The third-order valence-corrected chi connectivity index (χ3v) is 3.14. The van der Waals surface area contributed by atoms with E-state index in [0.29, 0.717) is 15.5 Å². The van der Waals surface area contributed by atoms with Crippen molar-refractivity contribution in [2.45, 2.75) is 6.92 Å². The zero-order chi connectivity index (χ0) is 10.3. The highest BCUT2D eigenvalue weighted by Crippen LogP contribution is 2.29. The quantitative estimate of drug-likeness (QED) is 0.815. The number of aryl methyl sites for hydroxylation is 1. The molecule has 0 atom stereocenters. The summed E-state index contributed by atoms with van der Waals surface area (Å²) in [6.07, 6.45) is 0. The number of aromatic carboxylic acids is 1. The topological polar surface area (TPSA) is 50.2 Å². The zero-order valence-corrected chi connectivity index (χ0v) is 8.82. The molecule has 0 fully saturated rings. The average molecular weight is 228 g/mol. The Balaban J connectivity index is 2.80. The van der Waals surface area contributed by atoms with E-state index >= 15 is 0 Å². The Labute approximate surface area is 89.0 Å². The normalized spacial score (nSPS) is 10.7. The summed E-state index contributed by atoms with van der Waals surface area (Å²) in [5, 5.41) is 8.87. The van der Waals surface area contributed by atoms with Gasteiger partial charge < -0.3 is 5.11 Å². The van der Waals surface area contributed by atoms with Gasteiger partial charge in [-0.1, -0.05) is 11.6 Å². The summed E-state index contributed by atoms with van der Waals surface area (Å²) in [5.41, 5.74) is 1.62. The summed E-state index contributed by atoms with van der Waals surface area (Å²) >= 11 is 7.10. The highest BCUT2D eigenvalue weighted by Gasteiger charge is 2.12. The van der Waals surface area contributed by atoms with Crippen molar-refractivity contribution in [2.75, 3.05) is 0 Å². The molecule has 72 valence electrons. The molecule has 0 spiro atoms. The highest BCUT2D eigenvalue weighted by atomic mass is 35.5. The molecule has 2 rings (SSSR count). The van der Waals surface area contributed by atoms with Crippen LogP contribution in [-0.2, 0) is 0 Å². The van der Waals surface area contributed by atoms with Gasteiger partial charge in [-0.25, -0.2) is 9.78 Å². The van der Waals surface area contributed by atoms with Gasteiger partial charge in [0, 0.05) is 0 Å². The SMILES string of the molecule is Cc1c(C(=O)O)ccc2sc(Cl)nc12. The summed E-state index contributed by atoms with van der Waals surface area (Å²) in [5.74, 6) is -0.937. The fourth-order valence-corrected chi connectivity index (χ4v) is 2.41. The molecular weight excluding hydrogens is 222 g/mol. The van der Waals surface area contributed by atoms with Gasteiger partial charge in [-0.15, -0.1) is 11.3 Å². The molecule has 0 aliphatic rings. The van der Waals surface area contributed by atoms with Crippen LogP contribution in [0, 0.1) is 6.92 Å². The van der Waals surface area contributed by atoms with Crippen LogP contribution in [0.1, 0.15) is 15.9 Å². The van der Waals surface area contributed by atoms with Gasteiger partial charge in [0.2, 0.25) is 0 Å². The van der Waals surface area contributed by atoms with Crippen LogP contribution in [0.2, 0.25) is 4.47 Å². The van der Waals surface area contributed by atoms with Crippen LogP contribution >= 0.6 is 22.9 Å². The van der Waals surface area contributed by atoms with Gasteiger partial charge >= 0.3 is 5.97 Å². The van der Waals surface area contributed by atoms with Gasteiger partial charge in [-0.3, -0.25) is 0 Å². The van der Waals surface area contributed by atoms with Gasteiger partial charge in [0.05, 0.1) is 15.8 Å². The number of aromatic nitrogens is 1. The van der Waals surface area contributed by atoms with E-state index in [4.69, 9.17) is 16.7 Å². The number of hydrogen-bond donors (Lipinski definition) is 1. The van der Waals surface area contributed by atoms with Crippen molar-refractivity contribution in [3.63, 3.8) is 0 Å². The minimum absolute atomic E-state index is 0.277. The lowest BCUT2D eigenvalue weighted by Gasteiger charge is -1.99. The van der Waals surface area contributed by atoms with Crippen molar-refractivity contribution < 1.29 is 9.90 Å². The number of nitrogens with zero attached hydrogens (tertiary/aromatic N) is 1. The molecule has 2 aromatic rings. The van der Waals surface area contributed by atoms with Crippen molar-refractivity contribution in [2.24, 2.45) is 0 Å². The molecular formula is C9H6ClNO2S. The second kappa shape index (κ2) is 3.22. The van der Waals surface area contributed by atoms with Crippen molar-refractivity contribution in [3.8, 4) is 0 Å². The summed E-state index contributed by atoms with van der Waals surface area (Å²) in [4.78, 5) is 14.9. The Kier molecular flexibility index (Phi) is 2.17. The lowest BCUT2D eigenvalue weighted by molar-refractivity contribution is 0.0696. The first kappa shape index (κ1) is 9.43. The predicted octanol–water partition coefficient (Wildman–Crippen LogP) is 2.96. The number of carboxylic acids is 1. The van der Waals surface area contributed by atoms with Crippen LogP contribution in [0.4, 0.5) is 0 Å². The van der Waals surface area contributed by atoms with E-state index in [-0.39, 0.29) is 5.56 Å². The second-order valence-corrected chi connectivity index (χ2v) is 4.47. The van der Waals surface area contributed by atoms with Gasteiger partial charge in [0.1, 0.15) is 0 Å². The molecule has 0 saturated carbocycles. The van der Waals surface area contributed by atoms with E-state index in [9.17, 15) is 4.79 Å². The van der Waals surface area contributed by atoms with Crippen LogP contribution < -0.4 is 0 Å². The maximum atomic E-state index is 10.8. The number of rotatable bonds is 1. The number of carbonyl (C=O) groups is 1. The maximum absolute atomic E-state index is 10.8. The third kappa shape index (κ3) is 1.36. The predicted molar refractivity (Wildman–Crippen MR) is 56.3 cm³/mol. The Bertz CT molecular complexity index is 521. The number of halogens is 1. The van der Waals surface area contributed by atoms with Crippen molar-refractivity contribution in [1.29, 1.82) is 0 Å². The first-order valence-corrected chi connectivity index (χ1v) is 5.08. The average Bonchev–Trinajstić information content (AvgIpc) is 2.46. The Morgan fingerprint density at radius 1 is 1.57 bits per heavy atom. The fraction of sp³-hybridized carbons (Fsp3) is 0.111. The van der Waals surface area contributed by atoms with Crippen molar-refractivity contribution in [1.82, 2.24) is 4.98 Å².